The largest absolute Gasteiger partial charge is 0.492 e. The molecule has 7 heteroatoms. The van der Waals surface area contributed by atoms with E-state index in [1.54, 1.807) is 7.11 Å². The van der Waals surface area contributed by atoms with Gasteiger partial charge in [0, 0.05) is 24.2 Å². The van der Waals surface area contributed by atoms with Crippen LogP contribution in [0.1, 0.15) is 20.3 Å². The molecule has 0 aliphatic carbocycles. The second-order valence-corrected chi connectivity index (χ2v) is 7.13. The van der Waals surface area contributed by atoms with Gasteiger partial charge in [-0.3, -0.25) is 0 Å². The molecule has 0 bridgehead atoms. The lowest BCUT2D eigenvalue weighted by Gasteiger charge is -2.22. The van der Waals surface area contributed by atoms with E-state index in [1.807, 2.05) is 13.8 Å². The summed E-state index contributed by atoms with van der Waals surface area (Å²) in [6, 6.07) is 3.19. The second-order valence-electron chi connectivity index (χ2n) is 4.59. The number of hydrogen-bond acceptors (Lipinski definition) is 4. The Kier molecular flexibility index (Phi) is 5.18. The molecule has 19 heavy (non-hydrogen) atoms. The molecule has 0 saturated carbocycles. The number of rotatable bonds is 6. The Morgan fingerprint density at radius 3 is 2.53 bits per heavy atom. The highest BCUT2D eigenvalue weighted by Crippen LogP contribution is 2.28. The highest BCUT2D eigenvalue weighted by Gasteiger charge is 2.20. The fourth-order valence-electron chi connectivity index (χ4n) is 1.30. The Balaban J connectivity index is 2.85. The fourth-order valence-corrected chi connectivity index (χ4v) is 2.28. The van der Waals surface area contributed by atoms with E-state index in [1.165, 1.54) is 6.07 Å². The van der Waals surface area contributed by atoms with Gasteiger partial charge >= 0.3 is 0 Å². The van der Waals surface area contributed by atoms with Crippen LogP contribution in [0.4, 0.5) is 4.39 Å². The lowest BCUT2D eigenvalue weighted by Crippen LogP contribution is -2.25. The molecule has 108 valence electrons. The molecule has 0 aromatic heterocycles. The molecule has 1 aromatic rings. The molecule has 1 aromatic carbocycles. The van der Waals surface area contributed by atoms with Crippen molar-refractivity contribution in [2.75, 3.05) is 13.7 Å². The van der Waals surface area contributed by atoms with E-state index in [4.69, 9.17) is 20.2 Å². The first-order valence-corrected chi connectivity index (χ1v) is 7.89. The van der Waals surface area contributed by atoms with Gasteiger partial charge in [-0.05, 0) is 32.0 Å². The van der Waals surface area contributed by atoms with Gasteiger partial charge in [-0.1, -0.05) is 0 Å². The number of benzene rings is 1. The van der Waals surface area contributed by atoms with Gasteiger partial charge < -0.3 is 9.47 Å². The van der Waals surface area contributed by atoms with Crippen molar-refractivity contribution in [1.82, 2.24) is 0 Å². The summed E-state index contributed by atoms with van der Waals surface area (Å²) in [6.45, 7) is 3.98. The van der Waals surface area contributed by atoms with Crippen LogP contribution in [0.15, 0.2) is 23.1 Å². The maximum Gasteiger partial charge on any atom is 0.265 e. The number of halogens is 2. The molecule has 0 aliphatic heterocycles. The van der Waals surface area contributed by atoms with Gasteiger partial charge in [-0.25, -0.2) is 12.8 Å². The Morgan fingerprint density at radius 1 is 1.37 bits per heavy atom. The number of ether oxygens (including phenoxy) is 2. The lowest BCUT2D eigenvalue weighted by molar-refractivity contribution is 0.00522. The summed E-state index contributed by atoms with van der Waals surface area (Å²) in [5.74, 6) is -0.660. The zero-order valence-electron chi connectivity index (χ0n) is 10.9. The molecule has 1 rings (SSSR count). The zero-order valence-corrected chi connectivity index (χ0v) is 12.5. The van der Waals surface area contributed by atoms with Gasteiger partial charge in [0.15, 0.2) is 0 Å². The van der Waals surface area contributed by atoms with E-state index in [2.05, 4.69) is 0 Å². The Bertz CT molecular complexity index is 543. The summed E-state index contributed by atoms with van der Waals surface area (Å²) in [4.78, 5) is -0.371. The predicted molar refractivity (Wildman–Crippen MR) is 70.6 cm³/mol. The number of hydrogen-bond donors (Lipinski definition) is 0. The van der Waals surface area contributed by atoms with Gasteiger partial charge in [0.2, 0.25) is 0 Å². The molecule has 0 spiro atoms. The predicted octanol–water partition coefficient (Wildman–Crippen LogP) is 2.95. The smallest absolute Gasteiger partial charge is 0.265 e. The van der Waals surface area contributed by atoms with E-state index < -0.39 is 14.9 Å². The van der Waals surface area contributed by atoms with Crippen molar-refractivity contribution in [2.24, 2.45) is 0 Å². The van der Waals surface area contributed by atoms with Gasteiger partial charge in [0.1, 0.15) is 16.5 Å². The molecule has 0 unspecified atom stereocenters. The topological polar surface area (TPSA) is 52.6 Å². The summed E-state index contributed by atoms with van der Waals surface area (Å²) < 4.78 is 46.2. The van der Waals surface area contributed by atoms with E-state index in [0.29, 0.717) is 6.42 Å². The molecule has 0 N–H and O–H groups in total. The standard InChI is InChI=1S/C12H16ClFO4S/c1-12(2,17-3)6-7-18-10-5-4-9(14)8-11(10)19(13,15)16/h4-5,8H,6-7H2,1-3H3. The van der Waals surface area contributed by atoms with Crippen molar-refractivity contribution in [3.63, 3.8) is 0 Å². The third-order valence-electron chi connectivity index (χ3n) is 2.68. The molecule has 0 heterocycles. The van der Waals surface area contributed by atoms with Crippen molar-refractivity contribution in [2.45, 2.75) is 30.8 Å². The maximum atomic E-state index is 13.0. The van der Waals surface area contributed by atoms with Crippen molar-refractivity contribution in [3.8, 4) is 5.75 Å². The minimum absolute atomic E-state index is 0.0308. The molecule has 0 atom stereocenters. The summed E-state index contributed by atoms with van der Waals surface area (Å²) in [6.07, 6.45) is 0.544. The molecule has 0 amide bonds. The van der Waals surface area contributed by atoms with Crippen LogP contribution in [-0.2, 0) is 13.8 Å². The van der Waals surface area contributed by atoms with Gasteiger partial charge in [0.05, 0.1) is 12.2 Å². The molecular formula is C12H16ClFO4S. The second kappa shape index (κ2) is 6.07. The average Bonchev–Trinajstić information content (AvgIpc) is 2.29. The lowest BCUT2D eigenvalue weighted by atomic mass is 10.1. The molecular weight excluding hydrogens is 295 g/mol. The van der Waals surface area contributed by atoms with E-state index in [-0.39, 0.29) is 22.9 Å². The maximum absolute atomic E-state index is 13.0. The van der Waals surface area contributed by atoms with Crippen molar-refractivity contribution in [3.05, 3.63) is 24.0 Å². The van der Waals surface area contributed by atoms with Crippen molar-refractivity contribution < 1.29 is 22.3 Å². The van der Waals surface area contributed by atoms with E-state index >= 15 is 0 Å². The normalized spacial score (nSPS) is 12.5. The van der Waals surface area contributed by atoms with Crippen LogP contribution in [0.5, 0.6) is 5.75 Å². The van der Waals surface area contributed by atoms with E-state index in [9.17, 15) is 12.8 Å². The third-order valence-corrected chi connectivity index (χ3v) is 4.03. The summed E-state index contributed by atoms with van der Waals surface area (Å²) >= 11 is 0. The molecule has 4 nitrogen and oxygen atoms in total. The van der Waals surface area contributed by atoms with Crippen LogP contribution in [0.3, 0.4) is 0 Å². The minimum atomic E-state index is -4.05. The van der Waals surface area contributed by atoms with E-state index in [0.717, 1.165) is 12.1 Å². The first-order chi connectivity index (χ1) is 8.65. The highest BCUT2D eigenvalue weighted by molar-refractivity contribution is 8.13. The fraction of sp³-hybridized carbons (Fsp3) is 0.500. The molecule has 0 fully saturated rings. The molecule has 0 aliphatic rings. The molecule has 0 radical (unpaired) electrons. The third kappa shape index (κ3) is 4.97. The van der Waals surface area contributed by atoms with Crippen molar-refractivity contribution >= 4 is 19.7 Å². The van der Waals surface area contributed by atoms with Gasteiger partial charge in [-0.15, -0.1) is 0 Å². The number of methoxy groups -OCH3 is 1. The van der Waals surface area contributed by atoms with Crippen LogP contribution in [-0.4, -0.2) is 27.7 Å². The van der Waals surface area contributed by atoms with Crippen LogP contribution in [0, 0.1) is 5.82 Å². The average molecular weight is 311 g/mol. The Hall–Kier alpha value is -0.850. The zero-order chi connectivity index (χ0) is 14.7. The Labute approximate surface area is 116 Å². The minimum Gasteiger partial charge on any atom is -0.492 e. The first-order valence-electron chi connectivity index (χ1n) is 5.58. The SMILES string of the molecule is COC(C)(C)CCOc1ccc(F)cc1S(=O)(=O)Cl. The van der Waals surface area contributed by atoms with Gasteiger partial charge in [0.25, 0.3) is 9.05 Å². The summed E-state index contributed by atoms with van der Waals surface area (Å²) in [5.41, 5.74) is -0.389. The van der Waals surface area contributed by atoms with Gasteiger partial charge in [-0.2, -0.15) is 0 Å². The Morgan fingerprint density at radius 2 is 2.00 bits per heavy atom. The molecule has 0 saturated heterocycles. The van der Waals surface area contributed by atoms with Crippen LogP contribution in [0.25, 0.3) is 0 Å². The first kappa shape index (κ1) is 16.2. The van der Waals surface area contributed by atoms with Crippen LogP contribution >= 0.6 is 10.7 Å². The highest BCUT2D eigenvalue weighted by atomic mass is 35.7. The quantitative estimate of drug-likeness (QED) is 0.758. The van der Waals surface area contributed by atoms with Crippen LogP contribution in [0.2, 0.25) is 0 Å². The summed E-state index contributed by atoms with van der Waals surface area (Å²) in [7, 11) is 2.76. The monoisotopic (exact) mass is 310 g/mol. The van der Waals surface area contributed by atoms with Crippen LogP contribution < -0.4 is 4.74 Å². The van der Waals surface area contributed by atoms with Crippen molar-refractivity contribution in [1.29, 1.82) is 0 Å². The summed E-state index contributed by atoms with van der Waals surface area (Å²) in [5, 5.41) is 0.